The highest BCUT2D eigenvalue weighted by atomic mass is 32.1. The van der Waals surface area contributed by atoms with Gasteiger partial charge >= 0.3 is 0 Å². The molecule has 1 aliphatic heterocycles. The minimum Gasteiger partial charge on any atom is -0.368 e. The fraction of sp³-hybridized carbons (Fsp3) is 0.692. The SMILES string of the molecule is Cc1csc(CCNC(=O)COC2CCNCC2)n1. The predicted octanol–water partition coefficient (Wildman–Crippen LogP) is 0.879. The van der Waals surface area contributed by atoms with E-state index in [1.165, 1.54) is 0 Å². The van der Waals surface area contributed by atoms with Crippen LogP contribution in [0, 0.1) is 6.92 Å². The summed E-state index contributed by atoms with van der Waals surface area (Å²) in [6.45, 7) is 4.74. The van der Waals surface area contributed by atoms with Gasteiger partial charge in [-0.3, -0.25) is 4.79 Å². The molecule has 1 aliphatic rings. The summed E-state index contributed by atoms with van der Waals surface area (Å²) in [4.78, 5) is 16.0. The van der Waals surface area contributed by atoms with Crippen molar-refractivity contribution < 1.29 is 9.53 Å². The van der Waals surface area contributed by atoms with E-state index in [1.54, 1.807) is 11.3 Å². The van der Waals surface area contributed by atoms with Crippen LogP contribution in [0.4, 0.5) is 0 Å². The van der Waals surface area contributed by atoms with Gasteiger partial charge in [-0.25, -0.2) is 4.98 Å². The highest BCUT2D eigenvalue weighted by Crippen LogP contribution is 2.08. The molecule has 5 nitrogen and oxygen atoms in total. The number of nitrogens with zero attached hydrogens (tertiary/aromatic N) is 1. The van der Waals surface area contributed by atoms with E-state index in [2.05, 4.69) is 15.6 Å². The molecule has 0 aromatic carbocycles. The first-order valence-electron chi connectivity index (χ1n) is 6.74. The van der Waals surface area contributed by atoms with Crippen molar-refractivity contribution in [1.29, 1.82) is 0 Å². The van der Waals surface area contributed by atoms with Crippen molar-refractivity contribution in [3.05, 3.63) is 16.1 Å². The first-order chi connectivity index (χ1) is 9.24. The molecule has 0 bridgehead atoms. The summed E-state index contributed by atoms with van der Waals surface area (Å²) in [7, 11) is 0. The van der Waals surface area contributed by atoms with Crippen molar-refractivity contribution in [3.63, 3.8) is 0 Å². The van der Waals surface area contributed by atoms with Gasteiger partial charge in [0.15, 0.2) is 0 Å². The van der Waals surface area contributed by atoms with Gasteiger partial charge in [-0.05, 0) is 32.9 Å². The Morgan fingerprint density at radius 2 is 2.37 bits per heavy atom. The number of carbonyl (C=O) groups is 1. The van der Waals surface area contributed by atoms with Crippen LogP contribution in [0.5, 0.6) is 0 Å². The maximum Gasteiger partial charge on any atom is 0.246 e. The number of amides is 1. The summed E-state index contributed by atoms with van der Waals surface area (Å²) in [5, 5.41) is 9.23. The monoisotopic (exact) mass is 283 g/mol. The number of thiazole rings is 1. The minimum atomic E-state index is -0.0354. The lowest BCUT2D eigenvalue weighted by Gasteiger charge is -2.22. The Kier molecular flexibility index (Phi) is 5.75. The third-order valence-electron chi connectivity index (χ3n) is 3.06. The minimum absolute atomic E-state index is 0.0354. The summed E-state index contributed by atoms with van der Waals surface area (Å²) in [5.74, 6) is -0.0354. The second kappa shape index (κ2) is 7.57. The molecule has 1 amide bonds. The second-order valence-corrected chi connectivity index (χ2v) is 5.69. The molecule has 1 fully saturated rings. The predicted molar refractivity (Wildman–Crippen MR) is 75.4 cm³/mol. The van der Waals surface area contributed by atoms with Crippen LogP contribution in [0.3, 0.4) is 0 Å². The molecule has 1 aromatic rings. The Morgan fingerprint density at radius 3 is 3.05 bits per heavy atom. The first-order valence-corrected chi connectivity index (χ1v) is 7.62. The van der Waals surface area contributed by atoms with Crippen molar-refractivity contribution in [3.8, 4) is 0 Å². The molecule has 0 atom stereocenters. The van der Waals surface area contributed by atoms with E-state index in [1.807, 2.05) is 12.3 Å². The molecule has 19 heavy (non-hydrogen) atoms. The van der Waals surface area contributed by atoms with E-state index in [9.17, 15) is 4.79 Å². The molecule has 0 aliphatic carbocycles. The van der Waals surface area contributed by atoms with Gasteiger partial charge in [-0.2, -0.15) is 0 Å². The lowest BCUT2D eigenvalue weighted by molar-refractivity contribution is -0.128. The van der Waals surface area contributed by atoms with Crippen LogP contribution >= 0.6 is 11.3 Å². The van der Waals surface area contributed by atoms with E-state index in [0.29, 0.717) is 6.54 Å². The Labute approximate surface area is 117 Å². The molecule has 2 N–H and O–H groups in total. The Morgan fingerprint density at radius 1 is 1.58 bits per heavy atom. The lowest BCUT2D eigenvalue weighted by Crippen LogP contribution is -2.36. The topological polar surface area (TPSA) is 63.2 Å². The summed E-state index contributed by atoms with van der Waals surface area (Å²) in [5.41, 5.74) is 1.04. The average Bonchev–Trinajstić information content (AvgIpc) is 2.83. The van der Waals surface area contributed by atoms with Crippen molar-refractivity contribution in [1.82, 2.24) is 15.6 Å². The van der Waals surface area contributed by atoms with Crippen LogP contribution < -0.4 is 10.6 Å². The van der Waals surface area contributed by atoms with Crippen LogP contribution in [0.15, 0.2) is 5.38 Å². The van der Waals surface area contributed by atoms with Gasteiger partial charge in [-0.1, -0.05) is 0 Å². The zero-order valence-electron chi connectivity index (χ0n) is 11.3. The molecule has 1 saturated heterocycles. The van der Waals surface area contributed by atoms with E-state index in [0.717, 1.165) is 43.1 Å². The number of hydrogen-bond donors (Lipinski definition) is 2. The second-order valence-electron chi connectivity index (χ2n) is 4.74. The summed E-state index contributed by atoms with van der Waals surface area (Å²) < 4.78 is 5.59. The fourth-order valence-electron chi connectivity index (χ4n) is 2.03. The van der Waals surface area contributed by atoms with Crippen molar-refractivity contribution in [2.24, 2.45) is 0 Å². The van der Waals surface area contributed by atoms with Crippen LogP contribution in [-0.4, -0.2) is 43.2 Å². The molecule has 6 heteroatoms. The maximum absolute atomic E-state index is 11.6. The van der Waals surface area contributed by atoms with Gasteiger partial charge in [0, 0.05) is 24.0 Å². The Hall–Kier alpha value is -0.980. The van der Waals surface area contributed by atoms with Crippen LogP contribution in [-0.2, 0) is 16.0 Å². The number of aromatic nitrogens is 1. The Balaban J connectivity index is 1.56. The van der Waals surface area contributed by atoms with Gasteiger partial charge in [0.05, 0.1) is 11.1 Å². The highest BCUT2D eigenvalue weighted by Gasteiger charge is 2.14. The first kappa shape index (κ1) is 14.4. The Bertz CT molecular complexity index is 402. The highest BCUT2D eigenvalue weighted by molar-refractivity contribution is 7.09. The third-order valence-corrected chi connectivity index (χ3v) is 4.09. The normalized spacial score (nSPS) is 16.5. The zero-order chi connectivity index (χ0) is 13.5. The molecular formula is C13H21N3O2S. The van der Waals surface area contributed by atoms with E-state index in [4.69, 9.17) is 4.74 Å². The summed E-state index contributed by atoms with van der Waals surface area (Å²) in [6, 6.07) is 0. The summed E-state index contributed by atoms with van der Waals surface area (Å²) in [6.07, 6.45) is 3.00. The molecule has 0 unspecified atom stereocenters. The van der Waals surface area contributed by atoms with E-state index >= 15 is 0 Å². The molecule has 1 aromatic heterocycles. The van der Waals surface area contributed by atoms with E-state index < -0.39 is 0 Å². The van der Waals surface area contributed by atoms with Crippen LogP contribution in [0.25, 0.3) is 0 Å². The molecule has 106 valence electrons. The van der Waals surface area contributed by atoms with Gasteiger partial charge in [0.2, 0.25) is 5.91 Å². The largest absolute Gasteiger partial charge is 0.368 e. The summed E-state index contributed by atoms with van der Waals surface area (Å²) >= 11 is 1.64. The van der Waals surface area contributed by atoms with Gasteiger partial charge in [0.25, 0.3) is 0 Å². The number of carbonyl (C=O) groups excluding carboxylic acids is 1. The number of hydrogen-bond acceptors (Lipinski definition) is 5. The fourth-order valence-corrected chi connectivity index (χ4v) is 2.81. The standard InChI is InChI=1S/C13H21N3O2S/c1-10-9-19-13(16-10)4-7-15-12(17)8-18-11-2-5-14-6-3-11/h9,11,14H,2-8H2,1H3,(H,15,17). The van der Waals surface area contributed by atoms with Gasteiger partial charge in [-0.15, -0.1) is 11.3 Å². The number of aryl methyl sites for hydroxylation is 1. The molecule has 0 saturated carbocycles. The number of rotatable bonds is 6. The molecule has 0 spiro atoms. The number of ether oxygens (including phenoxy) is 1. The maximum atomic E-state index is 11.6. The van der Waals surface area contributed by atoms with Gasteiger partial charge < -0.3 is 15.4 Å². The number of piperidine rings is 1. The third kappa shape index (κ3) is 5.26. The molecule has 2 heterocycles. The smallest absolute Gasteiger partial charge is 0.246 e. The van der Waals surface area contributed by atoms with Crippen molar-refractivity contribution in [2.75, 3.05) is 26.2 Å². The lowest BCUT2D eigenvalue weighted by atomic mass is 10.1. The zero-order valence-corrected chi connectivity index (χ0v) is 12.1. The molecular weight excluding hydrogens is 262 g/mol. The van der Waals surface area contributed by atoms with Crippen LogP contribution in [0.2, 0.25) is 0 Å². The average molecular weight is 283 g/mol. The molecule has 2 rings (SSSR count). The van der Waals surface area contributed by atoms with Crippen molar-refractivity contribution in [2.45, 2.75) is 32.3 Å². The molecule has 0 radical (unpaired) electrons. The van der Waals surface area contributed by atoms with Crippen LogP contribution in [0.1, 0.15) is 23.5 Å². The van der Waals surface area contributed by atoms with Crippen molar-refractivity contribution >= 4 is 17.2 Å². The quantitative estimate of drug-likeness (QED) is 0.813. The van der Waals surface area contributed by atoms with E-state index in [-0.39, 0.29) is 18.6 Å². The van der Waals surface area contributed by atoms with Gasteiger partial charge in [0.1, 0.15) is 6.61 Å². The number of nitrogens with one attached hydrogen (secondary N) is 2.